The highest BCUT2D eigenvalue weighted by atomic mass is 32.1. The van der Waals surface area contributed by atoms with Crippen LogP contribution >= 0.6 is 11.3 Å². The summed E-state index contributed by atoms with van der Waals surface area (Å²) in [6.07, 6.45) is 4.65. The van der Waals surface area contributed by atoms with E-state index in [9.17, 15) is 9.59 Å². The Morgan fingerprint density at radius 2 is 2.00 bits per heavy atom. The molecule has 1 N–H and O–H groups in total. The average molecular weight is 344 g/mol. The van der Waals surface area contributed by atoms with Crippen molar-refractivity contribution in [1.29, 1.82) is 0 Å². The molecule has 6 heteroatoms. The van der Waals surface area contributed by atoms with Crippen LogP contribution in [-0.2, 0) is 17.6 Å². The van der Waals surface area contributed by atoms with Gasteiger partial charge in [0.1, 0.15) is 5.75 Å². The SMILES string of the molecule is CC(=O)c1sc(NC(=O)COc2ccc3c(c2)CCCC3)nc1C. The lowest BCUT2D eigenvalue weighted by molar-refractivity contribution is -0.118. The smallest absolute Gasteiger partial charge is 0.264 e. The predicted octanol–water partition coefficient (Wildman–Crippen LogP) is 3.55. The van der Waals surface area contributed by atoms with Crippen LogP contribution < -0.4 is 10.1 Å². The highest BCUT2D eigenvalue weighted by molar-refractivity contribution is 7.17. The predicted molar refractivity (Wildman–Crippen MR) is 94.1 cm³/mol. The van der Waals surface area contributed by atoms with Gasteiger partial charge in [0.2, 0.25) is 0 Å². The lowest BCUT2D eigenvalue weighted by atomic mass is 9.92. The number of hydrogen-bond donors (Lipinski definition) is 1. The third-order valence-electron chi connectivity index (χ3n) is 4.05. The minimum absolute atomic E-state index is 0.0455. The molecule has 1 heterocycles. The standard InChI is InChI=1S/C18H20N2O3S/c1-11-17(12(2)21)24-18(19-11)20-16(22)10-23-15-8-7-13-5-3-4-6-14(13)9-15/h7-9H,3-6,10H2,1-2H3,(H,19,20,22). The van der Waals surface area contributed by atoms with Crippen molar-refractivity contribution in [2.45, 2.75) is 39.5 Å². The second-order valence-electron chi connectivity index (χ2n) is 5.96. The number of fused-ring (bicyclic) bond motifs is 1. The lowest BCUT2D eigenvalue weighted by Gasteiger charge is -2.16. The molecular formula is C18H20N2O3S. The van der Waals surface area contributed by atoms with Gasteiger partial charge in [-0.2, -0.15) is 0 Å². The molecule has 1 aliphatic rings. The zero-order valence-corrected chi connectivity index (χ0v) is 14.7. The molecule has 5 nitrogen and oxygen atoms in total. The summed E-state index contributed by atoms with van der Waals surface area (Å²) in [4.78, 5) is 28.2. The molecule has 2 aromatic rings. The van der Waals surface area contributed by atoms with Crippen LogP contribution in [0.5, 0.6) is 5.75 Å². The molecule has 1 aromatic carbocycles. The van der Waals surface area contributed by atoms with Crippen LogP contribution in [0.1, 0.15) is 46.3 Å². The number of Topliss-reactive ketones (excluding diaryl/α,β-unsaturated/α-hetero) is 1. The van der Waals surface area contributed by atoms with Crippen molar-refractivity contribution in [3.63, 3.8) is 0 Å². The van der Waals surface area contributed by atoms with E-state index in [4.69, 9.17) is 4.74 Å². The van der Waals surface area contributed by atoms with Gasteiger partial charge in [-0.05, 0) is 55.9 Å². The number of anilines is 1. The maximum Gasteiger partial charge on any atom is 0.264 e. The quantitative estimate of drug-likeness (QED) is 0.842. The number of thiazole rings is 1. The molecule has 1 aromatic heterocycles. The van der Waals surface area contributed by atoms with Crippen LogP contribution in [0, 0.1) is 6.92 Å². The van der Waals surface area contributed by atoms with E-state index in [0.29, 0.717) is 21.5 Å². The van der Waals surface area contributed by atoms with Crippen molar-refractivity contribution in [3.05, 3.63) is 39.9 Å². The summed E-state index contributed by atoms with van der Waals surface area (Å²) >= 11 is 1.19. The van der Waals surface area contributed by atoms with Gasteiger partial charge in [-0.3, -0.25) is 14.9 Å². The van der Waals surface area contributed by atoms with Crippen molar-refractivity contribution in [2.24, 2.45) is 0 Å². The molecule has 0 unspecified atom stereocenters. The van der Waals surface area contributed by atoms with E-state index in [0.717, 1.165) is 12.8 Å². The third kappa shape index (κ3) is 3.82. The average Bonchev–Trinajstić information content (AvgIpc) is 2.93. The van der Waals surface area contributed by atoms with E-state index in [1.807, 2.05) is 12.1 Å². The molecule has 0 radical (unpaired) electrons. The topological polar surface area (TPSA) is 68.3 Å². The first-order chi connectivity index (χ1) is 11.5. The van der Waals surface area contributed by atoms with Crippen molar-refractivity contribution in [1.82, 2.24) is 4.98 Å². The molecule has 3 rings (SSSR count). The summed E-state index contributed by atoms with van der Waals surface area (Å²) in [6, 6.07) is 6.03. The van der Waals surface area contributed by atoms with Gasteiger partial charge in [0, 0.05) is 6.92 Å². The third-order valence-corrected chi connectivity index (χ3v) is 5.23. The summed E-state index contributed by atoms with van der Waals surface area (Å²) in [7, 11) is 0. The van der Waals surface area contributed by atoms with E-state index in [1.54, 1.807) is 6.92 Å². The monoisotopic (exact) mass is 344 g/mol. The van der Waals surface area contributed by atoms with E-state index in [1.165, 1.54) is 42.2 Å². The number of hydrogen-bond acceptors (Lipinski definition) is 5. The summed E-state index contributed by atoms with van der Waals surface area (Å²) in [5.41, 5.74) is 3.34. The van der Waals surface area contributed by atoms with Crippen molar-refractivity contribution < 1.29 is 14.3 Å². The normalized spacial score (nSPS) is 13.2. The number of rotatable bonds is 5. The van der Waals surface area contributed by atoms with Crippen LogP contribution in [0.25, 0.3) is 0 Å². The van der Waals surface area contributed by atoms with Gasteiger partial charge in [-0.15, -0.1) is 0 Å². The van der Waals surface area contributed by atoms with Crippen molar-refractivity contribution >= 4 is 28.2 Å². The fourth-order valence-corrected chi connectivity index (χ4v) is 3.76. The Morgan fingerprint density at radius 1 is 1.25 bits per heavy atom. The first-order valence-corrected chi connectivity index (χ1v) is 8.87. The van der Waals surface area contributed by atoms with Gasteiger partial charge in [-0.25, -0.2) is 4.98 Å². The maximum atomic E-state index is 12.0. The summed E-state index contributed by atoms with van der Waals surface area (Å²) in [5.74, 6) is 0.387. The first-order valence-electron chi connectivity index (χ1n) is 8.06. The fourth-order valence-electron chi connectivity index (χ4n) is 2.88. The summed E-state index contributed by atoms with van der Waals surface area (Å²) in [5, 5.41) is 3.11. The van der Waals surface area contributed by atoms with E-state index in [2.05, 4.69) is 16.4 Å². The zero-order valence-electron chi connectivity index (χ0n) is 13.8. The molecule has 0 bridgehead atoms. The molecule has 1 aliphatic carbocycles. The van der Waals surface area contributed by atoms with Crippen LogP contribution in [0.2, 0.25) is 0 Å². The number of ketones is 1. The van der Waals surface area contributed by atoms with Gasteiger partial charge in [0.05, 0.1) is 10.6 Å². The summed E-state index contributed by atoms with van der Waals surface area (Å²) in [6.45, 7) is 3.17. The molecular weight excluding hydrogens is 324 g/mol. The van der Waals surface area contributed by atoms with E-state index in [-0.39, 0.29) is 18.3 Å². The Balaban J connectivity index is 1.57. The molecule has 126 valence electrons. The van der Waals surface area contributed by atoms with E-state index >= 15 is 0 Å². The highest BCUT2D eigenvalue weighted by Crippen LogP contribution is 2.26. The van der Waals surface area contributed by atoms with E-state index < -0.39 is 0 Å². The highest BCUT2D eigenvalue weighted by Gasteiger charge is 2.14. The van der Waals surface area contributed by atoms with Gasteiger partial charge >= 0.3 is 0 Å². The molecule has 24 heavy (non-hydrogen) atoms. The number of benzene rings is 1. The molecule has 0 spiro atoms. The van der Waals surface area contributed by atoms with Gasteiger partial charge in [0.25, 0.3) is 5.91 Å². The number of ether oxygens (including phenoxy) is 1. The largest absolute Gasteiger partial charge is 0.484 e. The zero-order chi connectivity index (χ0) is 17.1. The number of nitrogens with zero attached hydrogens (tertiary/aromatic N) is 1. The Morgan fingerprint density at radius 3 is 2.71 bits per heavy atom. The maximum absolute atomic E-state index is 12.0. The van der Waals surface area contributed by atoms with Crippen molar-refractivity contribution in [2.75, 3.05) is 11.9 Å². The second-order valence-corrected chi connectivity index (χ2v) is 6.96. The molecule has 0 atom stereocenters. The molecule has 0 saturated heterocycles. The van der Waals surface area contributed by atoms with Crippen LogP contribution in [0.15, 0.2) is 18.2 Å². The van der Waals surface area contributed by atoms with Gasteiger partial charge in [0.15, 0.2) is 17.5 Å². The lowest BCUT2D eigenvalue weighted by Crippen LogP contribution is -2.20. The molecule has 1 amide bonds. The number of amides is 1. The Labute approximate surface area is 145 Å². The Kier molecular flexibility index (Phi) is 4.94. The number of carbonyl (C=O) groups excluding carboxylic acids is 2. The van der Waals surface area contributed by atoms with Gasteiger partial charge < -0.3 is 4.74 Å². The summed E-state index contributed by atoms with van der Waals surface area (Å²) < 4.78 is 5.59. The minimum Gasteiger partial charge on any atom is -0.484 e. The number of nitrogens with one attached hydrogen (secondary N) is 1. The molecule has 0 aliphatic heterocycles. The number of carbonyl (C=O) groups is 2. The Bertz CT molecular complexity index is 783. The molecule has 0 saturated carbocycles. The number of aromatic nitrogens is 1. The first kappa shape index (κ1) is 16.6. The fraction of sp³-hybridized carbons (Fsp3) is 0.389. The van der Waals surface area contributed by atoms with Crippen LogP contribution in [0.4, 0.5) is 5.13 Å². The Hall–Kier alpha value is -2.21. The number of aryl methyl sites for hydroxylation is 3. The van der Waals surface area contributed by atoms with Crippen LogP contribution in [-0.4, -0.2) is 23.3 Å². The van der Waals surface area contributed by atoms with Gasteiger partial charge in [-0.1, -0.05) is 17.4 Å². The minimum atomic E-state index is -0.281. The second kappa shape index (κ2) is 7.13. The van der Waals surface area contributed by atoms with Crippen LogP contribution in [0.3, 0.4) is 0 Å². The van der Waals surface area contributed by atoms with Crippen molar-refractivity contribution in [3.8, 4) is 5.75 Å². The molecule has 0 fully saturated rings.